The predicted molar refractivity (Wildman–Crippen MR) is 107 cm³/mol. The molecule has 0 atom stereocenters. The first-order valence-electron chi connectivity index (χ1n) is 8.50. The Hall–Kier alpha value is -3.92. The van der Waals surface area contributed by atoms with Crippen molar-refractivity contribution in [3.8, 4) is 17.6 Å². The van der Waals surface area contributed by atoms with E-state index in [1.54, 1.807) is 29.2 Å². The lowest BCUT2D eigenvalue weighted by atomic mass is 10.1. The number of carbonyl (C=O) groups excluding carboxylic acids is 1. The molecule has 0 unspecified atom stereocenters. The maximum Gasteiger partial charge on any atom is 0.279 e. The molecule has 2 aromatic carbocycles. The molecule has 28 heavy (non-hydrogen) atoms. The summed E-state index contributed by atoms with van der Waals surface area (Å²) < 4.78 is 10.6. The lowest BCUT2D eigenvalue weighted by Crippen LogP contribution is -2.30. The molecule has 1 aliphatic rings. The van der Waals surface area contributed by atoms with Crippen LogP contribution in [0.5, 0.6) is 11.5 Å². The zero-order valence-corrected chi connectivity index (χ0v) is 15.3. The van der Waals surface area contributed by atoms with Gasteiger partial charge in [-0.15, -0.1) is 11.7 Å². The molecule has 7 nitrogen and oxygen atoms in total. The molecule has 0 saturated heterocycles. The molecule has 0 aromatic heterocycles. The summed E-state index contributed by atoms with van der Waals surface area (Å²) >= 11 is 0. The summed E-state index contributed by atoms with van der Waals surface area (Å²) in [6.07, 6.45) is 3.19. The monoisotopic (exact) mass is 374 g/mol. The van der Waals surface area contributed by atoms with Crippen molar-refractivity contribution >= 4 is 23.5 Å². The van der Waals surface area contributed by atoms with E-state index in [0.717, 1.165) is 11.3 Å². The lowest BCUT2D eigenvalue weighted by molar-refractivity contribution is -0.112. The van der Waals surface area contributed by atoms with Gasteiger partial charge in [-0.05, 0) is 29.8 Å². The van der Waals surface area contributed by atoms with Gasteiger partial charge in [0.2, 0.25) is 0 Å². The number of para-hydroxylation sites is 1. The number of methoxy groups -OCH3 is 1. The van der Waals surface area contributed by atoms with Crippen LogP contribution in [-0.2, 0) is 4.79 Å². The normalized spacial score (nSPS) is 14.2. The third-order valence-electron chi connectivity index (χ3n) is 4.05. The van der Waals surface area contributed by atoms with Crippen molar-refractivity contribution < 1.29 is 14.3 Å². The largest absolute Gasteiger partial charge is 0.493 e. The van der Waals surface area contributed by atoms with E-state index >= 15 is 0 Å². The fourth-order valence-corrected chi connectivity index (χ4v) is 2.82. The number of amides is 1. The Morgan fingerprint density at radius 2 is 2.07 bits per heavy atom. The van der Waals surface area contributed by atoms with Gasteiger partial charge in [0.25, 0.3) is 5.91 Å². The molecule has 0 fully saturated rings. The summed E-state index contributed by atoms with van der Waals surface area (Å²) in [6, 6.07) is 14.5. The van der Waals surface area contributed by atoms with Gasteiger partial charge in [0.15, 0.2) is 23.8 Å². The Balaban J connectivity index is 1.85. The zero-order valence-electron chi connectivity index (χ0n) is 15.3. The molecule has 1 heterocycles. The van der Waals surface area contributed by atoms with E-state index < -0.39 is 0 Å². The van der Waals surface area contributed by atoms with Crippen LogP contribution in [0.4, 0.5) is 5.69 Å². The van der Waals surface area contributed by atoms with Crippen molar-refractivity contribution in [2.45, 2.75) is 0 Å². The van der Waals surface area contributed by atoms with Gasteiger partial charge in [0, 0.05) is 12.1 Å². The number of benzene rings is 2. The highest BCUT2D eigenvalue weighted by Gasteiger charge is 2.32. The van der Waals surface area contributed by atoms with Gasteiger partial charge in [-0.25, -0.2) is 0 Å². The summed E-state index contributed by atoms with van der Waals surface area (Å²) in [6.45, 7) is 4.03. The maximum atomic E-state index is 12.7. The SMILES string of the molecule is C=CCN1C(=O)/C(=N\N=C/c2ccc(OCC#N)c(OC)c2)c2ccccc21. The van der Waals surface area contributed by atoms with Gasteiger partial charge in [-0.3, -0.25) is 4.79 Å². The molecule has 3 rings (SSSR count). The number of carbonyl (C=O) groups is 1. The van der Waals surface area contributed by atoms with E-state index in [2.05, 4.69) is 16.8 Å². The van der Waals surface area contributed by atoms with Crippen molar-refractivity contribution in [2.24, 2.45) is 10.2 Å². The fourth-order valence-electron chi connectivity index (χ4n) is 2.82. The average molecular weight is 374 g/mol. The minimum Gasteiger partial charge on any atom is -0.493 e. The topological polar surface area (TPSA) is 87.3 Å². The minimum atomic E-state index is -0.212. The molecule has 0 saturated carbocycles. The second-order valence-electron chi connectivity index (χ2n) is 5.77. The second kappa shape index (κ2) is 8.64. The highest BCUT2D eigenvalue weighted by atomic mass is 16.5. The lowest BCUT2D eigenvalue weighted by Gasteiger charge is -2.13. The summed E-state index contributed by atoms with van der Waals surface area (Å²) in [4.78, 5) is 14.3. The molecule has 0 spiro atoms. The van der Waals surface area contributed by atoms with Crippen LogP contribution in [0, 0.1) is 11.3 Å². The molecular formula is C21H18N4O3. The molecular weight excluding hydrogens is 356 g/mol. The molecule has 0 aliphatic carbocycles. The summed E-state index contributed by atoms with van der Waals surface area (Å²) in [5.74, 6) is 0.731. The first-order valence-corrected chi connectivity index (χ1v) is 8.50. The standard InChI is InChI=1S/C21H18N4O3/c1-3-11-25-17-7-5-4-6-16(17)20(21(25)26)24-23-14-15-8-9-18(28-12-10-22)19(13-15)27-2/h3-9,13-14H,1,11-12H2,2H3/b23-14-,24-20-. The number of hydrogen-bond acceptors (Lipinski definition) is 6. The Bertz CT molecular complexity index is 1000. The molecule has 1 aliphatic heterocycles. The predicted octanol–water partition coefficient (Wildman–Crippen LogP) is 2.95. The van der Waals surface area contributed by atoms with Crippen LogP contribution in [0.25, 0.3) is 0 Å². The van der Waals surface area contributed by atoms with Crippen molar-refractivity contribution in [1.29, 1.82) is 5.26 Å². The number of fused-ring (bicyclic) bond motifs is 1. The third-order valence-corrected chi connectivity index (χ3v) is 4.05. The summed E-state index contributed by atoms with van der Waals surface area (Å²) in [5, 5.41) is 16.8. The van der Waals surface area contributed by atoms with E-state index in [9.17, 15) is 4.79 Å². The minimum absolute atomic E-state index is 0.0693. The van der Waals surface area contributed by atoms with Crippen LogP contribution >= 0.6 is 0 Å². The highest BCUT2D eigenvalue weighted by molar-refractivity contribution is 6.54. The molecule has 1 amide bonds. The third kappa shape index (κ3) is 3.76. The van der Waals surface area contributed by atoms with Gasteiger partial charge < -0.3 is 14.4 Å². The fraction of sp³-hybridized carbons (Fsp3) is 0.143. The average Bonchev–Trinajstić information content (AvgIpc) is 2.99. The Labute approximate surface area is 162 Å². The van der Waals surface area contributed by atoms with Gasteiger partial charge in [0.05, 0.1) is 19.0 Å². The van der Waals surface area contributed by atoms with E-state index in [4.69, 9.17) is 14.7 Å². The van der Waals surface area contributed by atoms with Gasteiger partial charge in [-0.2, -0.15) is 10.4 Å². The number of anilines is 1. The Morgan fingerprint density at radius 3 is 2.82 bits per heavy atom. The highest BCUT2D eigenvalue weighted by Crippen LogP contribution is 2.29. The molecule has 0 radical (unpaired) electrons. The first-order chi connectivity index (χ1) is 13.7. The Morgan fingerprint density at radius 1 is 1.25 bits per heavy atom. The van der Waals surface area contributed by atoms with Crippen molar-refractivity contribution in [3.63, 3.8) is 0 Å². The Kier molecular flexibility index (Phi) is 5.82. The van der Waals surface area contributed by atoms with Gasteiger partial charge in [-0.1, -0.05) is 24.3 Å². The molecule has 2 aromatic rings. The van der Waals surface area contributed by atoms with Crippen LogP contribution in [-0.4, -0.2) is 38.1 Å². The van der Waals surface area contributed by atoms with Crippen LogP contribution in [0.15, 0.2) is 65.3 Å². The summed E-state index contributed by atoms with van der Waals surface area (Å²) in [7, 11) is 1.51. The van der Waals surface area contributed by atoms with E-state index in [-0.39, 0.29) is 18.2 Å². The van der Waals surface area contributed by atoms with E-state index in [1.165, 1.54) is 13.3 Å². The number of rotatable bonds is 7. The van der Waals surface area contributed by atoms with Crippen LogP contribution in [0.3, 0.4) is 0 Å². The summed E-state index contributed by atoms with van der Waals surface area (Å²) in [5.41, 5.74) is 2.54. The molecule has 140 valence electrons. The van der Waals surface area contributed by atoms with Crippen molar-refractivity contribution in [3.05, 3.63) is 66.2 Å². The second-order valence-corrected chi connectivity index (χ2v) is 5.77. The maximum absolute atomic E-state index is 12.7. The van der Waals surface area contributed by atoms with Crippen LogP contribution in [0.1, 0.15) is 11.1 Å². The first kappa shape index (κ1) is 18.9. The van der Waals surface area contributed by atoms with Gasteiger partial charge in [0.1, 0.15) is 6.07 Å². The number of nitrogens with zero attached hydrogens (tertiary/aromatic N) is 4. The van der Waals surface area contributed by atoms with Crippen LogP contribution < -0.4 is 14.4 Å². The quantitative estimate of drug-likeness (QED) is 0.423. The number of hydrogen-bond donors (Lipinski definition) is 0. The molecule has 0 bridgehead atoms. The van der Waals surface area contributed by atoms with Crippen LogP contribution in [0.2, 0.25) is 0 Å². The van der Waals surface area contributed by atoms with E-state index in [1.807, 2.05) is 30.3 Å². The zero-order chi connectivity index (χ0) is 19.9. The van der Waals surface area contributed by atoms with Crippen molar-refractivity contribution in [1.82, 2.24) is 0 Å². The number of ether oxygens (including phenoxy) is 2. The van der Waals surface area contributed by atoms with Crippen molar-refractivity contribution in [2.75, 3.05) is 25.2 Å². The smallest absolute Gasteiger partial charge is 0.279 e. The number of nitriles is 1. The molecule has 0 N–H and O–H groups in total. The molecule has 7 heteroatoms. The van der Waals surface area contributed by atoms with E-state index in [0.29, 0.717) is 23.6 Å². The van der Waals surface area contributed by atoms with Gasteiger partial charge >= 0.3 is 0 Å².